The monoisotopic (exact) mass is 463 g/mol. The molecule has 1 aliphatic rings. The van der Waals surface area contributed by atoms with Crippen molar-refractivity contribution in [3.8, 4) is 5.75 Å². The van der Waals surface area contributed by atoms with Crippen molar-refractivity contribution in [2.24, 2.45) is 4.99 Å². The number of likely N-dealkylation sites (N-methyl/N-ethyl adjacent to an activating group) is 1. The van der Waals surface area contributed by atoms with Crippen molar-refractivity contribution in [2.45, 2.75) is 0 Å². The van der Waals surface area contributed by atoms with Crippen LogP contribution in [0.1, 0.15) is 26.3 Å². The molecule has 168 valence electrons. The summed E-state index contributed by atoms with van der Waals surface area (Å²) in [6, 6.07) is 15.3. The van der Waals surface area contributed by atoms with Crippen LogP contribution < -0.4 is 15.4 Å². The molecule has 0 unspecified atom stereocenters. The number of carbonyl (C=O) groups is 2. The molecule has 0 fully saturated rings. The number of hydrogen-bond acceptors (Lipinski definition) is 6. The van der Waals surface area contributed by atoms with Gasteiger partial charge in [0.15, 0.2) is 0 Å². The predicted octanol–water partition coefficient (Wildman–Crippen LogP) is 3.94. The Balaban J connectivity index is 1.54. The predicted molar refractivity (Wildman–Crippen MR) is 129 cm³/mol. The molecule has 2 aromatic carbocycles. The minimum atomic E-state index is -0.448. The molecule has 1 aromatic heterocycles. The fraction of sp³-hybridized carbons (Fsp3) is 0.167. The molecule has 4 rings (SSSR count). The zero-order valence-electron chi connectivity index (χ0n) is 18.1. The van der Waals surface area contributed by atoms with Crippen LogP contribution >= 0.6 is 11.6 Å². The Morgan fingerprint density at radius 3 is 2.45 bits per heavy atom. The Morgan fingerprint density at radius 2 is 1.82 bits per heavy atom. The van der Waals surface area contributed by atoms with E-state index in [1.807, 2.05) is 19.2 Å². The van der Waals surface area contributed by atoms with Crippen molar-refractivity contribution < 1.29 is 14.3 Å². The van der Waals surface area contributed by atoms with E-state index in [1.165, 1.54) is 13.3 Å². The summed E-state index contributed by atoms with van der Waals surface area (Å²) in [6.07, 6.45) is 1.43. The number of amidine groups is 1. The fourth-order valence-electron chi connectivity index (χ4n) is 3.39. The number of nitrogens with zero attached hydrogens (tertiary/aromatic N) is 3. The minimum Gasteiger partial charge on any atom is -0.497 e. The number of aromatic nitrogens is 1. The molecular formula is C24H22ClN5O3. The van der Waals surface area contributed by atoms with Crippen LogP contribution in [-0.2, 0) is 0 Å². The second-order valence-electron chi connectivity index (χ2n) is 7.39. The Labute approximate surface area is 196 Å². The zero-order chi connectivity index (χ0) is 23.4. The molecule has 1 aliphatic heterocycles. The van der Waals surface area contributed by atoms with Crippen molar-refractivity contribution in [3.05, 3.63) is 82.5 Å². The molecule has 0 radical (unpaired) electrons. The molecule has 2 heterocycles. The molecular weight excluding hydrogens is 442 g/mol. The number of carbonyl (C=O) groups excluding carboxylic acids is 2. The van der Waals surface area contributed by atoms with Gasteiger partial charge in [0.25, 0.3) is 11.8 Å². The van der Waals surface area contributed by atoms with Gasteiger partial charge in [0.1, 0.15) is 17.4 Å². The van der Waals surface area contributed by atoms with E-state index >= 15 is 0 Å². The van der Waals surface area contributed by atoms with Gasteiger partial charge in [-0.1, -0.05) is 23.7 Å². The number of hydrogen-bond donors (Lipinski definition) is 2. The highest BCUT2D eigenvalue weighted by Gasteiger charge is 2.18. The summed E-state index contributed by atoms with van der Waals surface area (Å²) in [7, 11) is 3.49. The quantitative estimate of drug-likeness (QED) is 0.577. The number of nitrogens with one attached hydrogen (secondary N) is 2. The lowest BCUT2D eigenvalue weighted by molar-refractivity contribution is 0.102. The van der Waals surface area contributed by atoms with E-state index in [2.05, 4.69) is 25.5 Å². The number of rotatable bonds is 6. The maximum atomic E-state index is 12.9. The molecule has 0 aliphatic carbocycles. The standard InChI is InChI=1S/C24H22ClN5O3/c1-30-12-11-26-22(30)15-3-5-16(6-4-15)23(31)28-20-9-8-18(33-2)13-19(20)24(32)29-21-10-7-17(25)14-27-21/h3-10,13-14H,11-12H2,1-2H3,(H,28,31)(H,27,29,32). The molecule has 9 heteroatoms. The van der Waals surface area contributed by atoms with Gasteiger partial charge >= 0.3 is 0 Å². The maximum Gasteiger partial charge on any atom is 0.259 e. The van der Waals surface area contributed by atoms with Gasteiger partial charge in [0.2, 0.25) is 0 Å². The lowest BCUT2D eigenvalue weighted by Gasteiger charge is -2.15. The summed E-state index contributed by atoms with van der Waals surface area (Å²) in [6.45, 7) is 1.65. The highest BCUT2D eigenvalue weighted by atomic mass is 35.5. The number of benzene rings is 2. The first-order chi connectivity index (χ1) is 15.9. The van der Waals surface area contributed by atoms with Crippen LogP contribution in [0.2, 0.25) is 5.02 Å². The van der Waals surface area contributed by atoms with Crippen molar-refractivity contribution in [1.82, 2.24) is 9.88 Å². The third kappa shape index (κ3) is 5.12. The SMILES string of the molecule is COc1ccc(NC(=O)c2ccc(C3=NCCN3C)cc2)c(C(=O)Nc2ccc(Cl)cn2)c1. The number of aliphatic imine (C=N–C) groups is 1. The van der Waals surface area contributed by atoms with E-state index in [0.717, 1.165) is 24.5 Å². The van der Waals surface area contributed by atoms with Gasteiger partial charge in [-0.25, -0.2) is 4.98 Å². The third-order valence-electron chi connectivity index (χ3n) is 5.15. The molecule has 2 amide bonds. The highest BCUT2D eigenvalue weighted by Crippen LogP contribution is 2.24. The molecule has 33 heavy (non-hydrogen) atoms. The summed E-state index contributed by atoms with van der Waals surface area (Å²) in [5.41, 5.74) is 1.99. The first kappa shape index (κ1) is 22.3. The third-order valence-corrected chi connectivity index (χ3v) is 5.38. The summed E-state index contributed by atoms with van der Waals surface area (Å²) >= 11 is 5.85. The smallest absolute Gasteiger partial charge is 0.259 e. The Hall–Kier alpha value is -3.91. The van der Waals surface area contributed by atoms with Crippen LogP contribution in [-0.4, -0.2) is 54.8 Å². The first-order valence-corrected chi connectivity index (χ1v) is 10.6. The molecule has 0 saturated carbocycles. The van der Waals surface area contributed by atoms with Crippen LogP contribution in [0.4, 0.5) is 11.5 Å². The van der Waals surface area contributed by atoms with E-state index in [1.54, 1.807) is 42.5 Å². The second kappa shape index (κ2) is 9.70. The zero-order valence-corrected chi connectivity index (χ0v) is 18.9. The maximum absolute atomic E-state index is 12.9. The van der Waals surface area contributed by atoms with Crippen molar-refractivity contribution >= 4 is 40.8 Å². The number of ether oxygens (including phenoxy) is 1. The first-order valence-electron chi connectivity index (χ1n) is 10.2. The van der Waals surface area contributed by atoms with Gasteiger partial charge in [-0.3, -0.25) is 14.6 Å². The van der Waals surface area contributed by atoms with E-state index in [-0.39, 0.29) is 11.5 Å². The molecule has 0 saturated heterocycles. The summed E-state index contributed by atoms with van der Waals surface area (Å²) in [4.78, 5) is 36.5. The molecule has 2 N–H and O–H groups in total. The van der Waals surface area contributed by atoms with Gasteiger partial charge in [-0.2, -0.15) is 0 Å². The number of pyridine rings is 1. The largest absolute Gasteiger partial charge is 0.497 e. The van der Waals surface area contributed by atoms with Crippen LogP contribution in [0.5, 0.6) is 5.75 Å². The van der Waals surface area contributed by atoms with E-state index < -0.39 is 5.91 Å². The molecule has 3 aromatic rings. The molecule has 8 nitrogen and oxygen atoms in total. The van der Waals surface area contributed by atoms with Crippen LogP contribution in [0.3, 0.4) is 0 Å². The average Bonchev–Trinajstić information content (AvgIpc) is 3.26. The molecule has 0 spiro atoms. The van der Waals surface area contributed by atoms with Gasteiger partial charge < -0.3 is 20.3 Å². The van der Waals surface area contributed by atoms with Crippen molar-refractivity contribution in [1.29, 1.82) is 0 Å². The summed E-state index contributed by atoms with van der Waals surface area (Å²) in [5.74, 6) is 0.934. The van der Waals surface area contributed by atoms with Gasteiger partial charge in [-0.15, -0.1) is 0 Å². The van der Waals surface area contributed by atoms with Gasteiger partial charge in [0, 0.05) is 30.9 Å². The summed E-state index contributed by atoms with van der Waals surface area (Å²) in [5, 5.41) is 5.97. The lowest BCUT2D eigenvalue weighted by Crippen LogP contribution is -2.23. The molecule has 0 bridgehead atoms. The van der Waals surface area contributed by atoms with Crippen molar-refractivity contribution in [3.63, 3.8) is 0 Å². The number of methoxy groups -OCH3 is 1. The van der Waals surface area contributed by atoms with E-state index in [4.69, 9.17) is 16.3 Å². The topological polar surface area (TPSA) is 95.9 Å². The van der Waals surface area contributed by atoms with Gasteiger partial charge in [0.05, 0.1) is 29.9 Å². The lowest BCUT2D eigenvalue weighted by atomic mass is 10.1. The van der Waals surface area contributed by atoms with E-state index in [0.29, 0.717) is 27.8 Å². The Kier molecular flexibility index (Phi) is 6.55. The van der Waals surface area contributed by atoms with Crippen molar-refractivity contribution in [2.75, 3.05) is 37.9 Å². The number of amides is 2. The van der Waals surface area contributed by atoms with Gasteiger partial charge in [-0.05, 0) is 42.5 Å². The second-order valence-corrected chi connectivity index (χ2v) is 7.82. The average molecular weight is 464 g/mol. The Bertz CT molecular complexity index is 1210. The summed E-state index contributed by atoms with van der Waals surface area (Å²) < 4.78 is 5.25. The van der Waals surface area contributed by atoms with Crippen LogP contribution in [0.25, 0.3) is 0 Å². The Morgan fingerprint density at radius 1 is 1.03 bits per heavy atom. The van der Waals surface area contributed by atoms with Crippen LogP contribution in [0.15, 0.2) is 65.8 Å². The fourth-order valence-corrected chi connectivity index (χ4v) is 3.50. The van der Waals surface area contributed by atoms with Crippen LogP contribution in [0, 0.1) is 0 Å². The normalized spacial score (nSPS) is 12.8. The van der Waals surface area contributed by atoms with E-state index in [9.17, 15) is 9.59 Å². The number of halogens is 1. The number of anilines is 2. The minimum absolute atomic E-state index is 0.234. The highest BCUT2D eigenvalue weighted by molar-refractivity contribution is 6.30. The molecule has 0 atom stereocenters.